The van der Waals surface area contributed by atoms with Gasteiger partial charge < -0.3 is 9.84 Å². The van der Waals surface area contributed by atoms with Crippen LogP contribution in [0.2, 0.25) is 0 Å². The second kappa shape index (κ2) is 6.64. The second-order valence-electron chi connectivity index (χ2n) is 5.55. The molecule has 3 nitrogen and oxygen atoms in total. The average molecular weight is 271 g/mol. The first-order valence-corrected chi connectivity index (χ1v) is 7.51. The Bertz CT molecular complexity index is 357. The minimum atomic E-state index is -0.464. The van der Waals surface area contributed by atoms with E-state index in [2.05, 4.69) is 31.1 Å². The molecule has 1 rings (SSSR count). The van der Waals surface area contributed by atoms with Gasteiger partial charge in [0.25, 0.3) is 0 Å². The highest BCUT2D eigenvalue weighted by atomic mass is 32.1. The molecule has 1 heterocycles. The number of nitrogens with zero attached hydrogens (tertiary/aromatic N) is 1. The maximum absolute atomic E-state index is 10.1. The van der Waals surface area contributed by atoms with E-state index in [0.29, 0.717) is 13.0 Å². The van der Waals surface area contributed by atoms with Crippen LogP contribution >= 0.6 is 11.3 Å². The van der Waals surface area contributed by atoms with Gasteiger partial charge in [0.2, 0.25) is 0 Å². The van der Waals surface area contributed by atoms with Gasteiger partial charge in [0.15, 0.2) is 0 Å². The molecule has 0 aliphatic heterocycles. The molecule has 0 aliphatic rings. The molecular weight excluding hydrogens is 246 g/mol. The Morgan fingerprint density at radius 3 is 2.50 bits per heavy atom. The fourth-order valence-corrected chi connectivity index (χ4v) is 2.85. The van der Waals surface area contributed by atoms with E-state index in [1.165, 1.54) is 0 Å². The number of ether oxygens (including phenoxy) is 1. The Morgan fingerprint density at radius 2 is 2.06 bits per heavy atom. The van der Waals surface area contributed by atoms with Crippen molar-refractivity contribution in [1.29, 1.82) is 0 Å². The third-order valence-electron chi connectivity index (χ3n) is 2.92. The summed E-state index contributed by atoms with van der Waals surface area (Å²) in [5.74, 6) is 0. The van der Waals surface area contributed by atoms with Gasteiger partial charge in [-0.3, -0.25) is 0 Å². The zero-order chi connectivity index (χ0) is 13.8. The summed E-state index contributed by atoms with van der Waals surface area (Å²) in [5.41, 5.74) is 1.17. The van der Waals surface area contributed by atoms with E-state index < -0.39 is 6.10 Å². The quantitative estimate of drug-likeness (QED) is 0.864. The molecule has 2 atom stereocenters. The van der Waals surface area contributed by atoms with E-state index in [-0.39, 0.29) is 11.5 Å². The molecule has 2 unspecified atom stereocenters. The largest absolute Gasteiger partial charge is 0.390 e. The Balaban J connectivity index is 2.64. The minimum absolute atomic E-state index is 0.0732. The van der Waals surface area contributed by atoms with Crippen molar-refractivity contribution < 1.29 is 9.84 Å². The first kappa shape index (κ1) is 15.6. The smallest absolute Gasteiger partial charge is 0.0955 e. The van der Waals surface area contributed by atoms with Gasteiger partial charge in [0.1, 0.15) is 0 Å². The van der Waals surface area contributed by atoms with Crippen LogP contribution in [0.1, 0.15) is 51.7 Å². The molecule has 0 spiro atoms. The van der Waals surface area contributed by atoms with Gasteiger partial charge in [-0.05, 0) is 13.3 Å². The topological polar surface area (TPSA) is 42.4 Å². The molecule has 0 fully saturated rings. The minimum Gasteiger partial charge on any atom is -0.390 e. The third-order valence-corrected chi connectivity index (χ3v) is 3.79. The molecule has 0 aliphatic carbocycles. The van der Waals surface area contributed by atoms with Crippen molar-refractivity contribution in [3.8, 4) is 0 Å². The average Bonchev–Trinajstić information content (AvgIpc) is 2.73. The summed E-state index contributed by atoms with van der Waals surface area (Å²) in [6.45, 7) is 11.1. The first-order valence-electron chi connectivity index (χ1n) is 6.63. The molecule has 0 saturated heterocycles. The zero-order valence-corrected chi connectivity index (χ0v) is 12.9. The van der Waals surface area contributed by atoms with E-state index in [4.69, 9.17) is 4.74 Å². The molecule has 0 aromatic carbocycles. The van der Waals surface area contributed by atoms with Crippen LogP contribution in [0, 0.1) is 0 Å². The van der Waals surface area contributed by atoms with Gasteiger partial charge >= 0.3 is 0 Å². The van der Waals surface area contributed by atoms with Crippen molar-refractivity contribution >= 4 is 11.3 Å². The number of aliphatic hydroxyl groups is 1. The maximum Gasteiger partial charge on any atom is 0.0955 e. The lowest BCUT2D eigenvalue weighted by Gasteiger charge is -2.20. The molecule has 0 amide bonds. The third kappa shape index (κ3) is 4.34. The molecule has 1 N–H and O–H groups in total. The highest BCUT2D eigenvalue weighted by Gasteiger charge is 2.22. The van der Waals surface area contributed by atoms with E-state index in [9.17, 15) is 5.11 Å². The Kier molecular flexibility index (Phi) is 5.76. The summed E-state index contributed by atoms with van der Waals surface area (Å²) < 4.78 is 5.53. The van der Waals surface area contributed by atoms with E-state index >= 15 is 0 Å². The molecule has 1 aromatic heterocycles. The van der Waals surface area contributed by atoms with Crippen molar-refractivity contribution in [2.45, 2.75) is 65.1 Å². The number of hydrogen-bond donors (Lipinski definition) is 1. The fraction of sp³-hybridized carbons (Fsp3) is 0.786. The van der Waals surface area contributed by atoms with Crippen LogP contribution in [-0.2, 0) is 16.6 Å². The van der Waals surface area contributed by atoms with Gasteiger partial charge in [-0.25, -0.2) is 4.98 Å². The highest BCUT2D eigenvalue weighted by molar-refractivity contribution is 7.09. The normalized spacial score (nSPS) is 15.7. The van der Waals surface area contributed by atoms with Crippen molar-refractivity contribution in [2.24, 2.45) is 0 Å². The Hall–Kier alpha value is -0.450. The van der Waals surface area contributed by atoms with Crippen LogP contribution in [0.3, 0.4) is 0 Å². The first-order chi connectivity index (χ1) is 8.38. The lowest BCUT2D eigenvalue weighted by atomic mass is 9.93. The number of aromatic nitrogens is 1. The van der Waals surface area contributed by atoms with E-state index in [1.54, 1.807) is 11.3 Å². The standard InChI is InChI=1S/C14H25NO2S/c1-6-11(17-7-2)10(16)8-13-15-12(9-18-13)14(3,4)5/h9-11,16H,6-8H2,1-5H3. The lowest BCUT2D eigenvalue weighted by Crippen LogP contribution is -2.30. The zero-order valence-electron chi connectivity index (χ0n) is 12.1. The van der Waals surface area contributed by atoms with Crippen molar-refractivity contribution in [2.75, 3.05) is 6.61 Å². The van der Waals surface area contributed by atoms with Gasteiger partial charge in [-0.15, -0.1) is 11.3 Å². The van der Waals surface area contributed by atoms with E-state index in [1.807, 2.05) is 13.8 Å². The maximum atomic E-state index is 10.1. The summed E-state index contributed by atoms with van der Waals surface area (Å²) in [6.07, 6.45) is 0.858. The molecule has 4 heteroatoms. The number of aliphatic hydroxyl groups excluding tert-OH is 1. The van der Waals surface area contributed by atoms with Crippen molar-refractivity contribution in [3.63, 3.8) is 0 Å². The number of rotatable bonds is 6. The van der Waals surface area contributed by atoms with Crippen LogP contribution in [0.4, 0.5) is 0 Å². The van der Waals surface area contributed by atoms with Gasteiger partial charge in [-0.1, -0.05) is 27.7 Å². The molecule has 0 saturated carbocycles. The Morgan fingerprint density at radius 1 is 1.39 bits per heavy atom. The molecule has 1 aromatic rings. The molecular formula is C14H25NO2S. The predicted molar refractivity (Wildman–Crippen MR) is 76.2 cm³/mol. The summed E-state index contributed by atoms with van der Waals surface area (Å²) in [5, 5.41) is 13.2. The summed E-state index contributed by atoms with van der Waals surface area (Å²) in [4.78, 5) is 4.60. The van der Waals surface area contributed by atoms with Crippen LogP contribution in [0.25, 0.3) is 0 Å². The predicted octanol–water partition coefficient (Wildman–Crippen LogP) is 3.16. The van der Waals surface area contributed by atoms with Crippen molar-refractivity contribution in [1.82, 2.24) is 4.98 Å². The van der Waals surface area contributed by atoms with Gasteiger partial charge in [-0.2, -0.15) is 0 Å². The number of thiazole rings is 1. The lowest BCUT2D eigenvalue weighted by molar-refractivity contribution is -0.0335. The highest BCUT2D eigenvalue weighted by Crippen LogP contribution is 2.25. The summed E-state index contributed by atoms with van der Waals surface area (Å²) in [7, 11) is 0. The number of hydrogen-bond acceptors (Lipinski definition) is 4. The second-order valence-corrected chi connectivity index (χ2v) is 6.49. The monoisotopic (exact) mass is 271 g/mol. The Labute approximate surface area is 114 Å². The molecule has 0 bridgehead atoms. The summed E-state index contributed by atoms with van der Waals surface area (Å²) >= 11 is 1.62. The van der Waals surface area contributed by atoms with Crippen LogP contribution in [-0.4, -0.2) is 28.9 Å². The molecule has 0 radical (unpaired) electrons. The van der Waals surface area contributed by atoms with Crippen LogP contribution in [0.15, 0.2) is 5.38 Å². The van der Waals surface area contributed by atoms with Crippen LogP contribution in [0.5, 0.6) is 0 Å². The van der Waals surface area contributed by atoms with E-state index in [0.717, 1.165) is 17.1 Å². The van der Waals surface area contributed by atoms with Gasteiger partial charge in [0.05, 0.1) is 22.9 Å². The fourth-order valence-electron chi connectivity index (χ4n) is 1.77. The SMILES string of the molecule is CCOC(CC)C(O)Cc1nc(C(C)(C)C)cs1. The van der Waals surface area contributed by atoms with Gasteiger partial charge in [0, 0.05) is 23.8 Å². The van der Waals surface area contributed by atoms with Crippen LogP contribution < -0.4 is 0 Å². The molecule has 18 heavy (non-hydrogen) atoms. The molecule has 104 valence electrons. The summed E-state index contributed by atoms with van der Waals surface area (Å²) in [6, 6.07) is 0. The van der Waals surface area contributed by atoms with Crippen molar-refractivity contribution in [3.05, 3.63) is 16.1 Å².